The molecule has 2 rings (SSSR count). The van der Waals surface area contributed by atoms with Gasteiger partial charge in [-0.3, -0.25) is 10.1 Å². The van der Waals surface area contributed by atoms with Crippen LogP contribution in [-0.4, -0.2) is 21.0 Å². The summed E-state index contributed by atoms with van der Waals surface area (Å²) in [6.07, 6.45) is 3.45. The van der Waals surface area contributed by atoms with Crippen molar-refractivity contribution >= 4 is 49.6 Å². The van der Waals surface area contributed by atoms with Crippen LogP contribution in [-0.2, 0) is 0 Å². The molecule has 0 N–H and O–H groups in total. The molecule has 3 nitrogen and oxygen atoms in total. The summed E-state index contributed by atoms with van der Waals surface area (Å²) in [5.74, 6) is 2.41. The van der Waals surface area contributed by atoms with Gasteiger partial charge in [-0.25, -0.2) is 0 Å². The number of benzene rings is 1. The predicted octanol–water partition coefficient (Wildman–Crippen LogP) is 4.53. The normalized spacial score (nSPS) is 17.7. The Morgan fingerprint density at radius 2 is 1.94 bits per heavy atom. The second-order valence-corrected chi connectivity index (χ2v) is 7.43. The average Bonchev–Trinajstić information content (AvgIpc) is 2.40. The molecule has 0 atom stereocenters. The van der Waals surface area contributed by atoms with Crippen molar-refractivity contribution in [2.45, 2.75) is 11.0 Å². The zero-order chi connectivity index (χ0) is 13.0. The van der Waals surface area contributed by atoms with Gasteiger partial charge in [-0.1, -0.05) is 15.9 Å². The first kappa shape index (κ1) is 14.0. The second-order valence-electron chi connectivity index (χ2n) is 3.78. The highest BCUT2D eigenvalue weighted by atomic mass is 79.9. The van der Waals surface area contributed by atoms with Gasteiger partial charge in [-0.05, 0) is 41.7 Å². The lowest BCUT2D eigenvalue weighted by molar-refractivity contribution is -0.384. The zero-order valence-electron chi connectivity index (χ0n) is 9.54. The predicted molar refractivity (Wildman–Crippen MR) is 83.3 cm³/mol. The SMILES string of the molecule is O=[N+]([O-])c1ccc(C(Br)=CC2SCCCS2)cc1. The Morgan fingerprint density at radius 1 is 1.33 bits per heavy atom. The van der Waals surface area contributed by atoms with E-state index in [-0.39, 0.29) is 10.6 Å². The van der Waals surface area contributed by atoms with E-state index in [0.717, 1.165) is 10.0 Å². The molecule has 1 aromatic carbocycles. The highest BCUT2D eigenvalue weighted by Gasteiger charge is 2.13. The highest BCUT2D eigenvalue weighted by Crippen LogP contribution is 2.35. The van der Waals surface area contributed by atoms with Gasteiger partial charge in [0.15, 0.2) is 0 Å². The summed E-state index contributed by atoms with van der Waals surface area (Å²) in [5.41, 5.74) is 1.10. The van der Waals surface area contributed by atoms with E-state index in [0.29, 0.717) is 4.58 Å². The summed E-state index contributed by atoms with van der Waals surface area (Å²) in [5, 5.41) is 10.6. The van der Waals surface area contributed by atoms with Crippen molar-refractivity contribution in [3.63, 3.8) is 0 Å². The number of halogens is 1. The fraction of sp³-hybridized carbons (Fsp3) is 0.333. The Hall–Kier alpha value is -0.460. The first-order chi connectivity index (χ1) is 8.66. The van der Waals surface area contributed by atoms with Gasteiger partial charge < -0.3 is 0 Å². The molecule has 0 saturated carbocycles. The van der Waals surface area contributed by atoms with Crippen LogP contribution < -0.4 is 0 Å². The van der Waals surface area contributed by atoms with E-state index >= 15 is 0 Å². The molecule has 96 valence electrons. The summed E-state index contributed by atoms with van der Waals surface area (Å²) in [4.78, 5) is 10.2. The van der Waals surface area contributed by atoms with E-state index in [2.05, 4.69) is 22.0 Å². The van der Waals surface area contributed by atoms with Crippen LogP contribution in [0.5, 0.6) is 0 Å². The van der Waals surface area contributed by atoms with Crippen LogP contribution in [0.1, 0.15) is 12.0 Å². The minimum absolute atomic E-state index is 0.125. The molecule has 0 amide bonds. The van der Waals surface area contributed by atoms with Gasteiger partial charge in [0, 0.05) is 16.6 Å². The summed E-state index contributed by atoms with van der Waals surface area (Å²) in [7, 11) is 0. The third-order valence-electron chi connectivity index (χ3n) is 2.49. The van der Waals surface area contributed by atoms with E-state index in [1.807, 2.05) is 23.5 Å². The highest BCUT2D eigenvalue weighted by molar-refractivity contribution is 9.15. The van der Waals surface area contributed by atoms with Gasteiger partial charge in [0.05, 0.1) is 9.51 Å². The quantitative estimate of drug-likeness (QED) is 0.596. The van der Waals surface area contributed by atoms with E-state index in [1.54, 1.807) is 12.1 Å². The number of nitro groups is 1. The van der Waals surface area contributed by atoms with Gasteiger partial charge in [0.25, 0.3) is 5.69 Å². The molecule has 18 heavy (non-hydrogen) atoms. The van der Waals surface area contributed by atoms with Crippen molar-refractivity contribution in [1.82, 2.24) is 0 Å². The maximum absolute atomic E-state index is 10.6. The molecule has 1 saturated heterocycles. The Morgan fingerprint density at radius 3 is 2.50 bits per heavy atom. The second kappa shape index (κ2) is 6.63. The first-order valence-electron chi connectivity index (χ1n) is 5.52. The third kappa shape index (κ3) is 3.76. The van der Waals surface area contributed by atoms with Gasteiger partial charge >= 0.3 is 0 Å². The van der Waals surface area contributed by atoms with Crippen LogP contribution in [0.4, 0.5) is 5.69 Å². The molecule has 1 heterocycles. The van der Waals surface area contributed by atoms with Crippen molar-refractivity contribution in [3.8, 4) is 0 Å². The lowest BCUT2D eigenvalue weighted by Crippen LogP contribution is -2.03. The van der Waals surface area contributed by atoms with E-state index in [4.69, 9.17) is 0 Å². The largest absolute Gasteiger partial charge is 0.269 e. The zero-order valence-corrected chi connectivity index (χ0v) is 12.8. The molecule has 0 bridgehead atoms. The van der Waals surface area contributed by atoms with Crippen LogP contribution >= 0.6 is 39.5 Å². The van der Waals surface area contributed by atoms with Crippen LogP contribution in [0, 0.1) is 10.1 Å². The molecule has 0 unspecified atom stereocenters. The van der Waals surface area contributed by atoms with Crippen molar-refractivity contribution < 1.29 is 4.92 Å². The van der Waals surface area contributed by atoms with E-state index < -0.39 is 0 Å². The molecular weight excluding hydrogens is 334 g/mol. The molecule has 1 aromatic rings. The summed E-state index contributed by atoms with van der Waals surface area (Å²) >= 11 is 7.43. The van der Waals surface area contributed by atoms with Crippen LogP contribution in [0.25, 0.3) is 4.48 Å². The number of non-ortho nitro benzene ring substituents is 1. The monoisotopic (exact) mass is 345 g/mol. The third-order valence-corrected chi connectivity index (χ3v) is 6.01. The minimum Gasteiger partial charge on any atom is -0.258 e. The number of thioether (sulfide) groups is 2. The minimum atomic E-state index is -0.381. The van der Waals surface area contributed by atoms with Crippen LogP contribution in [0.15, 0.2) is 30.3 Å². The summed E-state index contributed by atoms with van der Waals surface area (Å²) in [6, 6.07) is 6.62. The first-order valence-corrected chi connectivity index (χ1v) is 8.41. The number of nitrogens with zero attached hydrogens (tertiary/aromatic N) is 1. The maximum atomic E-state index is 10.6. The molecule has 1 aliphatic rings. The van der Waals surface area contributed by atoms with Crippen molar-refractivity contribution in [2.75, 3.05) is 11.5 Å². The van der Waals surface area contributed by atoms with Gasteiger partial charge in [-0.2, -0.15) is 0 Å². The van der Waals surface area contributed by atoms with E-state index in [1.165, 1.54) is 30.1 Å². The molecule has 6 heteroatoms. The fourth-order valence-electron chi connectivity index (χ4n) is 1.56. The summed E-state index contributed by atoms with van der Waals surface area (Å²) in [6.45, 7) is 0. The molecule has 0 aromatic heterocycles. The van der Waals surface area contributed by atoms with Crippen LogP contribution in [0.3, 0.4) is 0 Å². The lowest BCUT2D eigenvalue weighted by atomic mass is 10.2. The molecular formula is C12H12BrNO2S2. The number of rotatable bonds is 3. The van der Waals surface area contributed by atoms with E-state index in [9.17, 15) is 10.1 Å². The van der Waals surface area contributed by atoms with Crippen molar-refractivity contribution in [1.29, 1.82) is 0 Å². The molecule has 1 aliphatic heterocycles. The van der Waals surface area contributed by atoms with Crippen molar-refractivity contribution in [3.05, 3.63) is 46.0 Å². The smallest absolute Gasteiger partial charge is 0.258 e. The molecule has 0 radical (unpaired) electrons. The van der Waals surface area contributed by atoms with Crippen molar-refractivity contribution in [2.24, 2.45) is 0 Å². The fourth-order valence-corrected chi connectivity index (χ4v) is 5.14. The maximum Gasteiger partial charge on any atom is 0.269 e. The Bertz CT molecular complexity index is 456. The Balaban J connectivity index is 2.09. The lowest BCUT2D eigenvalue weighted by Gasteiger charge is -2.18. The number of hydrogen-bond donors (Lipinski definition) is 0. The van der Waals surface area contributed by atoms with Gasteiger partial charge in [-0.15, -0.1) is 23.5 Å². The number of nitro benzene ring substituents is 1. The molecule has 1 fully saturated rings. The molecule has 0 aliphatic carbocycles. The number of hydrogen-bond acceptors (Lipinski definition) is 4. The Labute approximate surface area is 123 Å². The average molecular weight is 346 g/mol. The standard InChI is InChI=1S/C12H12BrNO2S2/c13-11(8-12-17-6-1-7-18-12)9-2-4-10(5-3-9)14(15)16/h2-5,8,12H,1,6-7H2. The van der Waals surface area contributed by atoms with Gasteiger partial charge in [0.1, 0.15) is 0 Å². The Kier molecular flexibility index (Phi) is 5.14. The molecule has 0 spiro atoms. The van der Waals surface area contributed by atoms with Gasteiger partial charge in [0.2, 0.25) is 0 Å². The topological polar surface area (TPSA) is 43.1 Å². The van der Waals surface area contributed by atoms with Crippen LogP contribution in [0.2, 0.25) is 0 Å². The summed E-state index contributed by atoms with van der Waals surface area (Å²) < 4.78 is 1.48.